The fraction of sp³-hybridized carbons (Fsp3) is 0.154. The molecule has 0 spiro atoms. The van der Waals surface area contributed by atoms with E-state index in [-0.39, 0.29) is 4.88 Å². The van der Waals surface area contributed by atoms with Crippen LogP contribution in [0.5, 0.6) is 0 Å². The molecule has 0 N–H and O–H groups in total. The molecule has 100 valence electrons. The summed E-state index contributed by atoms with van der Waals surface area (Å²) in [7, 11) is 0. The molecule has 0 radical (unpaired) electrons. The number of hydrogen-bond acceptors (Lipinski definition) is 2. The van der Waals surface area contributed by atoms with E-state index in [0.717, 1.165) is 11.3 Å². The Kier molecular flexibility index (Phi) is 3.45. The Hall–Kier alpha value is -1.69. The zero-order chi connectivity index (χ0) is 14.2. The Bertz CT molecular complexity index is 628. The molecule has 0 aliphatic carbocycles. The lowest BCUT2D eigenvalue weighted by Crippen LogP contribution is -2.10. The predicted molar refractivity (Wildman–Crippen MR) is 63.9 cm³/mol. The minimum Gasteiger partial charge on any atom is -0.288 e. The molecule has 2 rings (SSSR count). The second-order valence-corrected chi connectivity index (χ2v) is 4.87. The zero-order valence-corrected chi connectivity index (χ0v) is 10.5. The molecule has 1 aromatic carbocycles. The van der Waals surface area contributed by atoms with Crippen LogP contribution in [0.2, 0.25) is 0 Å². The Labute approximate surface area is 110 Å². The van der Waals surface area contributed by atoms with E-state index in [0.29, 0.717) is 23.8 Å². The topological polar surface area (TPSA) is 17.1 Å². The van der Waals surface area contributed by atoms with Gasteiger partial charge in [-0.2, -0.15) is 13.2 Å². The van der Waals surface area contributed by atoms with Crippen molar-refractivity contribution in [1.82, 2.24) is 0 Å². The van der Waals surface area contributed by atoms with Crippen LogP contribution in [0, 0.1) is 12.7 Å². The van der Waals surface area contributed by atoms with Crippen LogP contribution < -0.4 is 0 Å². The highest BCUT2D eigenvalue weighted by Crippen LogP contribution is 2.31. The number of carbonyl (C=O) groups is 1. The fourth-order valence-electron chi connectivity index (χ4n) is 1.60. The van der Waals surface area contributed by atoms with E-state index in [1.54, 1.807) is 18.4 Å². The van der Waals surface area contributed by atoms with Crippen molar-refractivity contribution in [3.8, 4) is 0 Å². The third-order valence-corrected chi connectivity index (χ3v) is 3.62. The number of thiophene rings is 1. The zero-order valence-electron chi connectivity index (χ0n) is 9.72. The molecule has 0 unspecified atom stereocenters. The van der Waals surface area contributed by atoms with Gasteiger partial charge in [0.2, 0.25) is 5.78 Å². The molecule has 1 heterocycles. The lowest BCUT2D eigenvalue weighted by atomic mass is 10.0. The number of benzene rings is 1. The average Bonchev–Trinajstić information content (AvgIpc) is 2.73. The van der Waals surface area contributed by atoms with E-state index < -0.39 is 28.9 Å². The van der Waals surface area contributed by atoms with Crippen molar-refractivity contribution in [2.45, 2.75) is 13.1 Å². The maximum Gasteiger partial charge on any atom is 0.416 e. The first-order valence-corrected chi connectivity index (χ1v) is 6.14. The molecular weight excluding hydrogens is 280 g/mol. The molecule has 0 saturated heterocycles. The van der Waals surface area contributed by atoms with Gasteiger partial charge in [0.05, 0.1) is 16.0 Å². The van der Waals surface area contributed by atoms with Crippen LogP contribution in [0.4, 0.5) is 17.6 Å². The first-order chi connectivity index (χ1) is 8.80. The van der Waals surface area contributed by atoms with Crippen molar-refractivity contribution < 1.29 is 22.4 Å². The number of halogens is 4. The van der Waals surface area contributed by atoms with Crippen LogP contribution in [0.3, 0.4) is 0 Å². The Morgan fingerprint density at radius 1 is 1.21 bits per heavy atom. The second kappa shape index (κ2) is 4.77. The molecule has 0 aliphatic heterocycles. The van der Waals surface area contributed by atoms with Gasteiger partial charge in [-0.1, -0.05) is 0 Å². The van der Waals surface area contributed by atoms with Gasteiger partial charge in [-0.15, -0.1) is 11.3 Å². The second-order valence-electron chi connectivity index (χ2n) is 3.95. The summed E-state index contributed by atoms with van der Waals surface area (Å²) < 4.78 is 51.2. The lowest BCUT2D eigenvalue weighted by Gasteiger charge is -2.09. The molecule has 0 atom stereocenters. The summed E-state index contributed by atoms with van der Waals surface area (Å²) in [5.41, 5.74) is -0.973. The van der Waals surface area contributed by atoms with Gasteiger partial charge in [0, 0.05) is 0 Å². The smallest absolute Gasteiger partial charge is 0.288 e. The number of rotatable bonds is 2. The molecule has 0 saturated carbocycles. The minimum atomic E-state index is -4.60. The molecule has 19 heavy (non-hydrogen) atoms. The van der Waals surface area contributed by atoms with Crippen LogP contribution in [0.15, 0.2) is 29.6 Å². The molecular formula is C13H8F4OS. The molecule has 1 nitrogen and oxygen atoms in total. The van der Waals surface area contributed by atoms with Crippen molar-refractivity contribution >= 4 is 17.1 Å². The molecule has 0 amide bonds. The molecule has 6 heteroatoms. The summed E-state index contributed by atoms with van der Waals surface area (Å²) in [6.45, 7) is 1.65. The standard InChI is InChI=1S/C13H8F4OS/c1-7-4-5-19-12(7)11(18)9-6-8(13(15,16)17)2-3-10(9)14/h2-6H,1H3. The van der Waals surface area contributed by atoms with Crippen LogP contribution in [-0.4, -0.2) is 5.78 Å². The van der Waals surface area contributed by atoms with E-state index >= 15 is 0 Å². The number of aryl methyl sites for hydroxylation is 1. The summed E-state index contributed by atoms with van der Waals surface area (Å²) in [5.74, 6) is -1.68. The van der Waals surface area contributed by atoms with Crippen molar-refractivity contribution in [1.29, 1.82) is 0 Å². The molecule has 0 fully saturated rings. The van der Waals surface area contributed by atoms with Crippen molar-refractivity contribution in [2.75, 3.05) is 0 Å². The summed E-state index contributed by atoms with van der Waals surface area (Å²) in [5, 5.41) is 1.63. The van der Waals surface area contributed by atoms with Gasteiger partial charge in [0.25, 0.3) is 0 Å². The minimum absolute atomic E-state index is 0.248. The van der Waals surface area contributed by atoms with Crippen LogP contribution in [0.25, 0.3) is 0 Å². The number of carbonyl (C=O) groups excluding carboxylic acids is 1. The summed E-state index contributed by atoms with van der Waals surface area (Å²) >= 11 is 1.08. The maximum atomic E-state index is 13.5. The van der Waals surface area contributed by atoms with E-state index in [9.17, 15) is 22.4 Å². The van der Waals surface area contributed by atoms with Crippen LogP contribution in [-0.2, 0) is 6.18 Å². The highest BCUT2D eigenvalue weighted by molar-refractivity contribution is 7.12. The van der Waals surface area contributed by atoms with E-state index in [1.807, 2.05) is 0 Å². The van der Waals surface area contributed by atoms with Gasteiger partial charge < -0.3 is 0 Å². The predicted octanol–water partition coefficient (Wildman–Crippen LogP) is 4.45. The third kappa shape index (κ3) is 2.68. The number of alkyl halides is 3. The van der Waals surface area contributed by atoms with Crippen molar-refractivity contribution in [2.24, 2.45) is 0 Å². The van der Waals surface area contributed by atoms with Gasteiger partial charge in [-0.05, 0) is 42.1 Å². The Balaban J connectivity index is 2.51. The van der Waals surface area contributed by atoms with Gasteiger partial charge in [0.1, 0.15) is 5.82 Å². The first-order valence-electron chi connectivity index (χ1n) is 5.26. The fourth-order valence-corrected chi connectivity index (χ4v) is 2.48. The Morgan fingerprint density at radius 3 is 2.42 bits per heavy atom. The summed E-state index contributed by atoms with van der Waals surface area (Å²) in [4.78, 5) is 12.3. The van der Waals surface area contributed by atoms with Crippen molar-refractivity contribution in [3.63, 3.8) is 0 Å². The highest BCUT2D eigenvalue weighted by Gasteiger charge is 2.32. The van der Waals surface area contributed by atoms with Gasteiger partial charge >= 0.3 is 6.18 Å². The van der Waals surface area contributed by atoms with Crippen LogP contribution >= 0.6 is 11.3 Å². The van der Waals surface area contributed by atoms with Gasteiger partial charge in [-0.3, -0.25) is 4.79 Å². The third-order valence-electron chi connectivity index (χ3n) is 2.61. The summed E-state index contributed by atoms with van der Waals surface area (Å²) in [6.07, 6.45) is -4.60. The van der Waals surface area contributed by atoms with Gasteiger partial charge in [-0.25, -0.2) is 4.39 Å². The SMILES string of the molecule is Cc1ccsc1C(=O)c1cc(C(F)(F)F)ccc1F. The largest absolute Gasteiger partial charge is 0.416 e. The van der Waals surface area contributed by atoms with Crippen molar-refractivity contribution in [3.05, 3.63) is 57.0 Å². The summed E-state index contributed by atoms with van der Waals surface area (Å²) in [6, 6.07) is 3.49. The molecule has 0 bridgehead atoms. The molecule has 0 aliphatic rings. The molecule has 2 aromatic rings. The normalized spacial score (nSPS) is 11.6. The first kappa shape index (κ1) is 13.7. The van der Waals surface area contributed by atoms with Crippen LogP contribution in [0.1, 0.15) is 26.4 Å². The van der Waals surface area contributed by atoms with E-state index in [4.69, 9.17) is 0 Å². The quantitative estimate of drug-likeness (QED) is 0.589. The van der Waals surface area contributed by atoms with E-state index in [1.165, 1.54) is 0 Å². The number of hydrogen-bond donors (Lipinski definition) is 0. The Morgan fingerprint density at radius 2 is 1.89 bits per heavy atom. The average molecular weight is 288 g/mol. The maximum absolute atomic E-state index is 13.5. The monoisotopic (exact) mass is 288 g/mol. The molecule has 1 aromatic heterocycles. The van der Waals surface area contributed by atoms with Gasteiger partial charge in [0.15, 0.2) is 0 Å². The lowest BCUT2D eigenvalue weighted by molar-refractivity contribution is -0.137. The van der Waals surface area contributed by atoms with E-state index in [2.05, 4.69) is 0 Å². The highest BCUT2D eigenvalue weighted by atomic mass is 32.1. The number of ketones is 1.